The zero-order chi connectivity index (χ0) is 13.7. The van der Waals surface area contributed by atoms with E-state index < -0.39 is 0 Å². The van der Waals surface area contributed by atoms with Gasteiger partial charge in [-0.2, -0.15) is 0 Å². The zero-order valence-electron chi connectivity index (χ0n) is 12.3. The number of piperazine rings is 1. The summed E-state index contributed by atoms with van der Waals surface area (Å²) in [5.41, 5.74) is 2.45. The van der Waals surface area contributed by atoms with Gasteiger partial charge >= 0.3 is 0 Å². The number of nitrogens with one attached hydrogen (secondary N) is 1. The molecule has 19 heavy (non-hydrogen) atoms. The Hall–Kier alpha value is -1.26. The van der Waals surface area contributed by atoms with Crippen molar-refractivity contribution in [2.75, 3.05) is 51.4 Å². The summed E-state index contributed by atoms with van der Waals surface area (Å²) in [5, 5.41) is 3.38. The predicted octanol–water partition coefficient (Wildman–Crippen LogP) is 1.69. The van der Waals surface area contributed by atoms with E-state index >= 15 is 0 Å². The van der Waals surface area contributed by atoms with Gasteiger partial charge in [0, 0.05) is 38.9 Å². The van der Waals surface area contributed by atoms with Crippen LogP contribution in [0.15, 0.2) is 18.2 Å². The lowest BCUT2D eigenvalue weighted by Gasteiger charge is -2.32. The summed E-state index contributed by atoms with van der Waals surface area (Å²) in [7, 11) is 2.15. The van der Waals surface area contributed by atoms with E-state index in [-0.39, 0.29) is 0 Å². The number of nitrogens with zero attached hydrogens (tertiary/aromatic N) is 2. The molecule has 0 spiro atoms. The van der Waals surface area contributed by atoms with Gasteiger partial charge in [-0.05, 0) is 37.6 Å². The maximum Gasteiger partial charge on any atom is 0.122 e. The molecule has 1 fully saturated rings. The largest absolute Gasteiger partial charge is 0.494 e. The molecule has 1 saturated heterocycles. The molecule has 1 aliphatic rings. The molecule has 4 heteroatoms. The summed E-state index contributed by atoms with van der Waals surface area (Å²) in [5.74, 6) is 0.988. The van der Waals surface area contributed by atoms with Crippen LogP contribution in [0.1, 0.15) is 12.5 Å². The first-order valence-electron chi connectivity index (χ1n) is 7.08. The third-order valence-corrected chi connectivity index (χ3v) is 3.52. The molecule has 0 saturated carbocycles. The van der Waals surface area contributed by atoms with Gasteiger partial charge in [0.05, 0.1) is 13.3 Å². The van der Waals surface area contributed by atoms with Crippen LogP contribution in [-0.2, 0) is 0 Å². The first-order valence-corrected chi connectivity index (χ1v) is 7.08. The number of hydrogen-bond donors (Lipinski definition) is 1. The lowest BCUT2D eigenvalue weighted by Crippen LogP contribution is -2.47. The Morgan fingerprint density at radius 2 is 2.05 bits per heavy atom. The lowest BCUT2D eigenvalue weighted by atomic mass is 10.2. The van der Waals surface area contributed by atoms with Gasteiger partial charge in [-0.1, -0.05) is 0 Å². The molecule has 0 amide bonds. The molecule has 0 aliphatic carbocycles. The highest BCUT2D eigenvalue weighted by molar-refractivity contribution is 5.52. The highest BCUT2D eigenvalue weighted by atomic mass is 16.5. The number of benzene rings is 1. The Labute approximate surface area is 116 Å². The van der Waals surface area contributed by atoms with E-state index in [9.17, 15) is 0 Å². The molecule has 0 aromatic heterocycles. The minimum Gasteiger partial charge on any atom is -0.494 e. The zero-order valence-corrected chi connectivity index (χ0v) is 12.3. The Morgan fingerprint density at radius 3 is 2.68 bits per heavy atom. The second-order valence-electron chi connectivity index (χ2n) is 5.09. The molecule has 1 aromatic rings. The minimum absolute atomic E-state index is 0.719. The van der Waals surface area contributed by atoms with Crippen LogP contribution in [0.5, 0.6) is 5.75 Å². The number of rotatable bonds is 5. The van der Waals surface area contributed by atoms with Crippen molar-refractivity contribution in [2.45, 2.75) is 13.8 Å². The summed E-state index contributed by atoms with van der Waals surface area (Å²) in [4.78, 5) is 4.77. The SMILES string of the molecule is CCOc1ccc(N(C)CN2CCNCC2)cc1C. The van der Waals surface area contributed by atoms with Crippen LogP contribution in [0.25, 0.3) is 0 Å². The maximum atomic E-state index is 5.58. The number of aryl methyl sites for hydroxylation is 1. The molecular formula is C15H25N3O. The van der Waals surface area contributed by atoms with Crippen LogP contribution >= 0.6 is 0 Å². The Balaban J connectivity index is 1.98. The smallest absolute Gasteiger partial charge is 0.122 e. The van der Waals surface area contributed by atoms with Crippen molar-refractivity contribution in [3.8, 4) is 5.75 Å². The molecule has 2 rings (SSSR count). The Morgan fingerprint density at radius 1 is 1.32 bits per heavy atom. The molecule has 0 atom stereocenters. The topological polar surface area (TPSA) is 27.7 Å². The summed E-state index contributed by atoms with van der Waals surface area (Å²) in [6, 6.07) is 6.41. The Kier molecular flexibility index (Phi) is 5.05. The summed E-state index contributed by atoms with van der Waals surface area (Å²) >= 11 is 0. The number of ether oxygens (including phenoxy) is 1. The van der Waals surface area contributed by atoms with E-state index in [1.165, 1.54) is 11.3 Å². The molecule has 106 valence electrons. The van der Waals surface area contributed by atoms with E-state index in [0.717, 1.165) is 45.2 Å². The first kappa shape index (κ1) is 14.2. The third kappa shape index (κ3) is 3.85. The second-order valence-corrected chi connectivity index (χ2v) is 5.09. The predicted molar refractivity (Wildman–Crippen MR) is 80.1 cm³/mol. The summed E-state index contributed by atoms with van der Waals surface area (Å²) in [6.07, 6.45) is 0. The van der Waals surface area contributed by atoms with Gasteiger partial charge in [0.25, 0.3) is 0 Å². The van der Waals surface area contributed by atoms with Gasteiger partial charge in [0.2, 0.25) is 0 Å². The fourth-order valence-corrected chi connectivity index (χ4v) is 2.42. The fraction of sp³-hybridized carbons (Fsp3) is 0.600. The van der Waals surface area contributed by atoms with Crippen LogP contribution in [-0.4, -0.2) is 51.4 Å². The molecule has 4 nitrogen and oxygen atoms in total. The van der Waals surface area contributed by atoms with Crippen LogP contribution < -0.4 is 15.0 Å². The van der Waals surface area contributed by atoms with Crippen molar-refractivity contribution in [3.05, 3.63) is 23.8 Å². The average molecular weight is 263 g/mol. The van der Waals surface area contributed by atoms with Crippen molar-refractivity contribution >= 4 is 5.69 Å². The normalized spacial score (nSPS) is 16.4. The molecule has 1 aromatic carbocycles. The molecule has 1 aliphatic heterocycles. The first-order chi connectivity index (χ1) is 9.20. The van der Waals surface area contributed by atoms with Crippen molar-refractivity contribution in [3.63, 3.8) is 0 Å². The van der Waals surface area contributed by atoms with Gasteiger partial charge in [-0.15, -0.1) is 0 Å². The summed E-state index contributed by atoms with van der Waals surface area (Å²) < 4.78 is 5.58. The maximum absolute atomic E-state index is 5.58. The van der Waals surface area contributed by atoms with Crippen molar-refractivity contribution in [1.29, 1.82) is 0 Å². The van der Waals surface area contributed by atoms with Crippen LogP contribution in [0, 0.1) is 6.92 Å². The van der Waals surface area contributed by atoms with Gasteiger partial charge in [-0.3, -0.25) is 4.90 Å². The molecule has 0 radical (unpaired) electrons. The highest BCUT2D eigenvalue weighted by Crippen LogP contribution is 2.24. The molecule has 0 bridgehead atoms. The van der Waals surface area contributed by atoms with Gasteiger partial charge in [0.1, 0.15) is 5.75 Å². The average Bonchev–Trinajstić information content (AvgIpc) is 2.42. The van der Waals surface area contributed by atoms with Crippen molar-refractivity contribution < 1.29 is 4.74 Å². The number of hydrogen-bond acceptors (Lipinski definition) is 4. The monoisotopic (exact) mass is 263 g/mol. The van der Waals surface area contributed by atoms with Crippen molar-refractivity contribution in [2.24, 2.45) is 0 Å². The highest BCUT2D eigenvalue weighted by Gasteiger charge is 2.12. The van der Waals surface area contributed by atoms with E-state index in [4.69, 9.17) is 4.74 Å². The Bertz CT molecular complexity index is 402. The van der Waals surface area contributed by atoms with Crippen LogP contribution in [0.2, 0.25) is 0 Å². The fourth-order valence-electron chi connectivity index (χ4n) is 2.42. The van der Waals surface area contributed by atoms with Gasteiger partial charge in [-0.25, -0.2) is 0 Å². The molecule has 1 N–H and O–H groups in total. The van der Waals surface area contributed by atoms with E-state index in [1.54, 1.807) is 0 Å². The minimum atomic E-state index is 0.719. The van der Waals surface area contributed by atoms with Crippen LogP contribution in [0.4, 0.5) is 5.69 Å². The molecule has 1 heterocycles. The molecule has 0 unspecified atom stereocenters. The lowest BCUT2D eigenvalue weighted by molar-refractivity contribution is 0.243. The van der Waals surface area contributed by atoms with Gasteiger partial charge in [0.15, 0.2) is 0 Å². The van der Waals surface area contributed by atoms with E-state index in [2.05, 4.69) is 47.3 Å². The number of anilines is 1. The summed E-state index contributed by atoms with van der Waals surface area (Å²) in [6.45, 7) is 10.3. The van der Waals surface area contributed by atoms with E-state index in [1.807, 2.05) is 6.92 Å². The molecular weight excluding hydrogens is 238 g/mol. The van der Waals surface area contributed by atoms with Crippen molar-refractivity contribution in [1.82, 2.24) is 10.2 Å². The standard InChI is InChI=1S/C15H25N3O/c1-4-19-15-6-5-14(11-13(15)2)17(3)12-18-9-7-16-8-10-18/h5-6,11,16H,4,7-10,12H2,1-3H3. The third-order valence-electron chi connectivity index (χ3n) is 3.52. The van der Waals surface area contributed by atoms with Crippen LogP contribution in [0.3, 0.4) is 0 Å². The quantitative estimate of drug-likeness (QED) is 0.875. The van der Waals surface area contributed by atoms with Gasteiger partial charge < -0.3 is 15.0 Å². The second kappa shape index (κ2) is 6.78. The van der Waals surface area contributed by atoms with E-state index in [0.29, 0.717) is 0 Å².